The lowest BCUT2D eigenvalue weighted by Crippen LogP contribution is -2.27. The summed E-state index contributed by atoms with van der Waals surface area (Å²) >= 11 is 0. The van der Waals surface area contributed by atoms with E-state index in [0.29, 0.717) is 13.2 Å². The van der Waals surface area contributed by atoms with E-state index in [1.165, 1.54) is 89.9 Å². The molecule has 0 unspecified atom stereocenters. The highest BCUT2D eigenvalue weighted by atomic mass is 31.2. The predicted molar refractivity (Wildman–Crippen MR) is 149 cm³/mol. The molecule has 214 valence electrons. The van der Waals surface area contributed by atoms with Crippen LogP contribution in [0.3, 0.4) is 0 Å². The molecule has 0 aliphatic rings. The van der Waals surface area contributed by atoms with Gasteiger partial charge in [0.1, 0.15) is 12.7 Å². The molecule has 1 rings (SSSR count). The van der Waals surface area contributed by atoms with E-state index < -0.39 is 19.4 Å². The monoisotopic (exact) mass is 542 g/mol. The lowest BCUT2D eigenvalue weighted by molar-refractivity contribution is -0.0510. The van der Waals surface area contributed by atoms with Crippen molar-refractivity contribution in [1.82, 2.24) is 0 Å². The molecule has 1 atom stereocenters. The number of benzene rings is 1. The van der Waals surface area contributed by atoms with Crippen molar-refractivity contribution in [2.24, 2.45) is 0 Å². The van der Waals surface area contributed by atoms with Crippen molar-refractivity contribution in [3.63, 3.8) is 0 Å². The summed E-state index contributed by atoms with van der Waals surface area (Å²) in [5.74, 6) is 0. The van der Waals surface area contributed by atoms with Gasteiger partial charge in [-0.3, -0.25) is 0 Å². The van der Waals surface area contributed by atoms with E-state index in [2.05, 4.69) is 6.92 Å². The third-order valence-electron chi connectivity index (χ3n) is 6.41. The summed E-state index contributed by atoms with van der Waals surface area (Å²) in [4.78, 5) is 29.2. The fraction of sp³-hybridized carbons (Fsp3) is 0.759. The van der Waals surface area contributed by atoms with Gasteiger partial charge < -0.3 is 24.0 Å². The molecule has 0 fully saturated rings. The topological polar surface area (TPSA) is 102 Å². The van der Waals surface area contributed by atoms with Gasteiger partial charge in [0, 0.05) is 6.61 Å². The Labute approximate surface area is 224 Å². The molecule has 0 heterocycles. The largest absolute Gasteiger partial charge is 0.454 e. The molecular weight excluding hydrogens is 491 g/mol. The van der Waals surface area contributed by atoms with E-state index >= 15 is 0 Å². The van der Waals surface area contributed by atoms with E-state index in [1.54, 1.807) is 0 Å². The molecule has 1 aromatic rings. The molecule has 0 aliphatic heterocycles. The molecule has 0 aliphatic carbocycles. The normalized spacial score (nSPS) is 12.5. The molecule has 1 aromatic carbocycles. The first-order chi connectivity index (χ1) is 17.9. The molecule has 7 nitrogen and oxygen atoms in total. The van der Waals surface area contributed by atoms with E-state index in [0.717, 1.165) is 18.4 Å². The summed E-state index contributed by atoms with van der Waals surface area (Å²) in [6.45, 7) is 3.06. The van der Waals surface area contributed by atoms with Gasteiger partial charge in [-0.15, -0.1) is 0 Å². The molecule has 2 N–H and O–H groups in total. The van der Waals surface area contributed by atoms with Gasteiger partial charge in [-0.2, -0.15) is 0 Å². The molecule has 0 amide bonds. The third kappa shape index (κ3) is 20.4. The summed E-state index contributed by atoms with van der Waals surface area (Å²) in [6, 6.07) is 9.53. The van der Waals surface area contributed by atoms with Crippen molar-refractivity contribution in [1.29, 1.82) is 0 Å². The number of ether oxygens (including phenoxy) is 3. The van der Waals surface area contributed by atoms with Gasteiger partial charge in [0.2, 0.25) is 0 Å². The molecule has 37 heavy (non-hydrogen) atoms. The SMILES string of the molecule is CCCCCCCCCCCCCCCCCCOC[C@H](COC(=O)P(=O)(O)O)OCc1ccccc1. The Morgan fingerprint density at radius 2 is 1.24 bits per heavy atom. The second kappa shape index (κ2) is 22.7. The number of carbonyl (C=O) groups is 1. The summed E-state index contributed by atoms with van der Waals surface area (Å²) in [6.07, 6.45) is 20.4. The predicted octanol–water partition coefficient (Wildman–Crippen LogP) is 8.16. The Bertz CT molecular complexity index is 707. The van der Waals surface area contributed by atoms with Crippen molar-refractivity contribution in [3.8, 4) is 0 Å². The highest BCUT2D eigenvalue weighted by Gasteiger charge is 2.29. The fourth-order valence-electron chi connectivity index (χ4n) is 4.15. The minimum absolute atomic E-state index is 0.194. The Balaban J connectivity index is 2.03. The molecule has 0 radical (unpaired) electrons. The Hall–Kier alpha value is -1.24. The van der Waals surface area contributed by atoms with Crippen LogP contribution < -0.4 is 0 Å². The van der Waals surface area contributed by atoms with Crippen LogP contribution in [-0.4, -0.2) is 41.4 Å². The minimum Gasteiger partial charge on any atom is -0.454 e. The van der Waals surface area contributed by atoms with E-state index in [-0.39, 0.29) is 13.2 Å². The standard InChI is InChI=1S/C29H51O7P/c1-2-3-4-5-6-7-8-9-10-11-12-13-14-15-16-20-23-34-25-28(26-36-29(30)37(31,32)33)35-24-27-21-18-17-19-22-27/h17-19,21-22,28H,2-16,20,23-26H2,1H3,(H2,31,32,33)/t28-/m1/s1. The minimum atomic E-state index is -4.91. The molecule has 0 aromatic heterocycles. The zero-order chi connectivity index (χ0) is 27.0. The number of carbonyl (C=O) groups excluding carboxylic acids is 1. The van der Waals surface area contributed by atoms with Gasteiger partial charge in [-0.1, -0.05) is 134 Å². The summed E-state index contributed by atoms with van der Waals surface area (Å²) in [5, 5.41) is 0. The van der Waals surface area contributed by atoms with Crippen molar-refractivity contribution < 1.29 is 33.4 Å². The van der Waals surface area contributed by atoms with Crippen LogP contribution in [0.4, 0.5) is 4.79 Å². The maximum Gasteiger partial charge on any atom is 0.433 e. The molecule has 0 spiro atoms. The highest BCUT2D eigenvalue weighted by molar-refractivity contribution is 7.69. The fourth-order valence-corrected chi connectivity index (χ4v) is 4.39. The number of rotatable bonds is 25. The average Bonchev–Trinajstić information content (AvgIpc) is 2.88. The number of hydrogen-bond donors (Lipinski definition) is 2. The lowest BCUT2D eigenvalue weighted by Gasteiger charge is -2.18. The number of unbranched alkanes of at least 4 members (excludes halogenated alkanes) is 15. The first-order valence-corrected chi connectivity index (χ1v) is 16.0. The zero-order valence-corrected chi connectivity index (χ0v) is 23.9. The van der Waals surface area contributed by atoms with Crippen molar-refractivity contribution in [2.75, 3.05) is 19.8 Å². The van der Waals surface area contributed by atoms with Gasteiger partial charge in [0.05, 0.1) is 13.2 Å². The van der Waals surface area contributed by atoms with Gasteiger partial charge in [0.25, 0.3) is 0 Å². The molecule has 8 heteroatoms. The lowest BCUT2D eigenvalue weighted by atomic mass is 10.0. The van der Waals surface area contributed by atoms with Crippen LogP contribution in [0.25, 0.3) is 0 Å². The van der Waals surface area contributed by atoms with Crippen LogP contribution in [-0.2, 0) is 25.4 Å². The van der Waals surface area contributed by atoms with Crippen LogP contribution in [0.15, 0.2) is 30.3 Å². The van der Waals surface area contributed by atoms with Crippen LogP contribution in [0.1, 0.15) is 115 Å². The van der Waals surface area contributed by atoms with E-state index in [1.807, 2.05) is 30.3 Å². The second-order valence-corrected chi connectivity index (χ2v) is 11.4. The quantitative estimate of drug-likeness (QED) is 0.0949. The maximum absolute atomic E-state index is 11.4. The zero-order valence-electron chi connectivity index (χ0n) is 23.0. The highest BCUT2D eigenvalue weighted by Crippen LogP contribution is 2.36. The molecule has 0 saturated carbocycles. The first kappa shape index (κ1) is 33.8. The summed E-state index contributed by atoms with van der Waals surface area (Å²) in [7, 11) is -4.91. The van der Waals surface area contributed by atoms with E-state index in [9.17, 15) is 9.36 Å². The summed E-state index contributed by atoms with van der Waals surface area (Å²) < 4.78 is 27.2. The van der Waals surface area contributed by atoms with Crippen LogP contribution in [0.2, 0.25) is 0 Å². The Kier molecular flexibility index (Phi) is 20.7. The van der Waals surface area contributed by atoms with Crippen molar-refractivity contribution in [3.05, 3.63) is 35.9 Å². The van der Waals surface area contributed by atoms with E-state index in [4.69, 9.17) is 24.0 Å². The molecular formula is C29H51O7P. The van der Waals surface area contributed by atoms with Crippen LogP contribution >= 0.6 is 7.60 Å². The van der Waals surface area contributed by atoms with Crippen molar-refractivity contribution >= 4 is 13.3 Å². The Morgan fingerprint density at radius 1 is 0.757 bits per heavy atom. The van der Waals surface area contributed by atoms with Crippen LogP contribution in [0, 0.1) is 0 Å². The van der Waals surface area contributed by atoms with Crippen LogP contribution in [0.5, 0.6) is 0 Å². The average molecular weight is 543 g/mol. The second-order valence-electron chi connectivity index (χ2n) is 9.92. The summed E-state index contributed by atoms with van der Waals surface area (Å²) in [5.41, 5.74) is -0.592. The molecule has 0 bridgehead atoms. The third-order valence-corrected chi connectivity index (χ3v) is 7.01. The van der Waals surface area contributed by atoms with Gasteiger partial charge >= 0.3 is 13.3 Å². The first-order valence-electron chi connectivity index (χ1n) is 14.4. The van der Waals surface area contributed by atoms with Gasteiger partial charge in [0.15, 0.2) is 0 Å². The molecule has 0 saturated heterocycles. The van der Waals surface area contributed by atoms with Gasteiger partial charge in [-0.25, -0.2) is 9.36 Å². The smallest absolute Gasteiger partial charge is 0.433 e. The van der Waals surface area contributed by atoms with Gasteiger partial charge in [-0.05, 0) is 12.0 Å². The number of hydrogen-bond acceptors (Lipinski definition) is 5. The van der Waals surface area contributed by atoms with Crippen molar-refractivity contribution in [2.45, 2.75) is 122 Å². The Morgan fingerprint density at radius 3 is 1.73 bits per heavy atom. The maximum atomic E-state index is 11.4.